The van der Waals surface area contributed by atoms with Gasteiger partial charge in [0.05, 0.1) is 18.5 Å². The number of piperidine rings is 1. The summed E-state index contributed by atoms with van der Waals surface area (Å²) < 4.78 is 0. The van der Waals surface area contributed by atoms with E-state index in [1.807, 2.05) is 24.3 Å². The Balaban J connectivity index is 1.63. The number of para-hydroxylation sites is 1. The largest absolute Gasteiger partial charge is 0.481 e. The minimum absolute atomic E-state index is 0.0660. The van der Waals surface area contributed by atoms with Gasteiger partial charge < -0.3 is 46.7 Å². The molecule has 0 radical (unpaired) electrons. The van der Waals surface area contributed by atoms with Crippen LogP contribution in [0.2, 0.25) is 0 Å². The molecular weight excluding hydrogens is 608 g/mol. The lowest BCUT2D eigenvalue weighted by Crippen LogP contribution is -2.61. The number of carbonyl (C=O) groups is 5. The molecule has 2 aliphatic rings. The third-order valence-corrected chi connectivity index (χ3v) is 8.86. The highest BCUT2D eigenvalue weighted by atomic mass is 16.4. The van der Waals surface area contributed by atoms with Crippen molar-refractivity contribution in [2.75, 3.05) is 39.8 Å². The first kappa shape index (κ1) is 35.8. The van der Waals surface area contributed by atoms with E-state index in [0.717, 1.165) is 29.6 Å². The highest BCUT2D eigenvalue weighted by molar-refractivity contribution is 5.95. The number of carboxylic acids is 1. The van der Waals surface area contributed by atoms with Gasteiger partial charge in [0.2, 0.25) is 23.6 Å². The van der Waals surface area contributed by atoms with Crippen molar-refractivity contribution in [1.82, 2.24) is 41.8 Å². The number of aromatic nitrogens is 1. The number of aliphatic hydroxyl groups is 1. The first-order valence-corrected chi connectivity index (χ1v) is 16.2. The van der Waals surface area contributed by atoms with Gasteiger partial charge in [0.15, 0.2) is 0 Å². The Morgan fingerprint density at radius 2 is 1.68 bits per heavy atom. The normalized spacial score (nSPS) is 25.9. The van der Waals surface area contributed by atoms with Crippen molar-refractivity contribution in [3.63, 3.8) is 0 Å². The Labute approximate surface area is 274 Å². The average molecular weight is 657 g/mol. The molecule has 2 aliphatic heterocycles. The van der Waals surface area contributed by atoms with Crippen LogP contribution in [-0.2, 0) is 30.4 Å². The minimum Gasteiger partial charge on any atom is -0.481 e. The van der Waals surface area contributed by atoms with Gasteiger partial charge in [-0.15, -0.1) is 0 Å². The monoisotopic (exact) mass is 656 g/mol. The molecule has 15 nitrogen and oxygen atoms in total. The maximum absolute atomic E-state index is 14.2. The number of nitrogens with zero attached hydrogens (tertiary/aromatic N) is 1. The van der Waals surface area contributed by atoms with E-state index in [0.29, 0.717) is 12.8 Å². The van der Waals surface area contributed by atoms with Crippen LogP contribution in [0.15, 0.2) is 30.5 Å². The van der Waals surface area contributed by atoms with Gasteiger partial charge >= 0.3 is 5.97 Å². The number of nitrogens with one attached hydrogen (secondary N) is 7. The molecule has 0 spiro atoms. The lowest BCUT2D eigenvalue weighted by molar-refractivity contribution is -0.144. The smallest absolute Gasteiger partial charge is 0.305 e. The molecule has 2 saturated heterocycles. The molecule has 1 aromatic heterocycles. The predicted octanol–water partition coefficient (Wildman–Crippen LogP) is -1.37. The molecule has 0 aliphatic carbocycles. The molecule has 0 bridgehead atoms. The van der Waals surface area contributed by atoms with Gasteiger partial charge in [-0.1, -0.05) is 32.0 Å². The summed E-state index contributed by atoms with van der Waals surface area (Å²) in [7, 11) is 1.48. The number of likely N-dealkylation sites (N-methyl/N-ethyl adjacent to an activating group) is 1. The summed E-state index contributed by atoms with van der Waals surface area (Å²) in [4.78, 5) is 70.6. The molecule has 2 fully saturated rings. The lowest BCUT2D eigenvalue weighted by atomic mass is 9.97. The van der Waals surface area contributed by atoms with Crippen molar-refractivity contribution in [3.05, 3.63) is 36.0 Å². The summed E-state index contributed by atoms with van der Waals surface area (Å²) in [6.07, 6.45) is 1.35. The lowest BCUT2D eigenvalue weighted by Gasteiger charge is -2.35. The number of benzene rings is 1. The van der Waals surface area contributed by atoms with Crippen molar-refractivity contribution in [2.24, 2.45) is 11.8 Å². The number of aliphatic hydroxyl groups excluding tert-OH is 1. The minimum atomic E-state index is -1.31. The highest BCUT2D eigenvalue weighted by Crippen LogP contribution is 2.21. The van der Waals surface area contributed by atoms with E-state index in [1.165, 1.54) is 11.9 Å². The van der Waals surface area contributed by atoms with E-state index in [2.05, 4.69) is 36.9 Å². The number of amides is 4. The highest BCUT2D eigenvalue weighted by Gasteiger charge is 2.37. The van der Waals surface area contributed by atoms with Crippen LogP contribution in [0, 0.1) is 11.8 Å². The zero-order valence-corrected chi connectivity index (χ0v) is 27.2. The van der Waals surface area contributed by atoms with E-state index >= 15 is 0 Å². The fraction of sp³-hybridized carbons (Fsp3) is 0.594. The number of hydrogen-bond acceptors (Lipinski definition) is 9. The second-order valence-electron chi connectivity index (χ2n) is 12.7. The molecule has 2 aromatic rings. The van der Waals surface area contributed by atoms with Gasteiger partial charge in [-0.05, 0) is 43.5 Å². The Morgan fingerprint density at radius 3 is 2.38 bits per heavy atom. The van der Waals surface area contributed by atoms with Crippen LogP contribution in [0.1, 0.15) is 38.7 Å². The zero-order valence-electron chi connectivity index (χ0n) is 27.2. The van der Waals surface area contributed by atoms with Crippen LogP contribution in [0.3, 0.4) is 0 Å². The fourth-order valence-electron chi connectivity index (χ4n) is 6.29. The number of aromatic amines is 1. The molecule has 5 atom stereocenters. The molecule has 0 saturated carbocycles. The first-order valence-electron chi connectivity index (χ1n) is 16.2. The van der Waals surface area contributed by atoms with Gasteiger partial charge in [-0.3, -0.25) is 29.3 Å². The SMILES string of the molecule is CC(C)C1C(=O)NC(CNC(=O)C2CCNCC2)C(O)NCCNC(CC(=O)O)C(=O)NC(Cc2c[nH]c3ccccc23)C(=O)N1C. The van der Waals surface area contributed by atoms with E-state index < -0.39 is 60.5 Å². The predicted molar refractivity (Wildman–Crippen MR) is 174 cm³/mol. The first-order chi connectivity index (χ1) is 22.5. The third kappa shape index (κ3) is 9.50. The summed E-state index contributed by atoms with van der Waals surface area (Å²) in [5.41, 5.74) is 1.61. The summed E-state index contributed by atoms with van der Waals surface area (Å²) >= 11 is 0. The number of aliphatic carboxylic acids is 1. The van der Waals surface area contributed by atoms with Gasteiger partial charge in [0, 0.05) is 56.1 Å². The quantitative estimate of drug-likeness (QED) is 0.163. The number of carboxylic acid groups (broad SMARTS) is 1. The molecule has 5 unspecified atom stereocenters. The van der Waals surface area contributed by atoms with Crippen LogP contribution in [0.4, 0.5) is 0 Å². The molecule has 4 amide bonds. The number of fused-ring (bicyclic) bond motifs is 1. The van der Waals surface area contributed by atoms with E-state index in [4.69, 9.17) is 0 Å². The number of rotatable bonds is 8. The maximum Gasteiger partial charge on any atom is 0.305 e. The van der Waals surface area contributed by atoms with Gasteiger partial charge in [0.1, 0.15) is 18.3 Å². The fourth-order valence-corrected chi connectivity index (χ4v) is 6.29. The van der Waals surface area contributed by atoms with Gasteiger partial charge in [0.25, 0.3) is 0 Å². The number of hydrogen-bond donors (Lipinski definition) is 9. The van der Waals surface area contributed by atoms with Crippen LogP contribution >= 0.6 is 0 Å². The molecule has 47 heavy (non-hydrogen) atoms. The number of carbonyl (C=O) groups excluding carboxylic acids is 4. The average Bonchev–Trinajstić information content (AvgIpc) is 3.45. The van der Waals surface area contributed by atoms with Crippen LogP contribution < -0.4 is 31.9 Å². The topological polar surface area (TPSA) is 217 Å². The second-order valence-corrected chi connectivity index (χ2v) is 12.7. The maximum atomic E-state index is 14.2. The van der Waals surface area contributed by atoms with E-state index in [1.54, 1.807) is 20.0 Å². The second kappa shape index (κ2) is 16.7. The van der Waals surface area contributed by atoms with E-state index in [9.17, 15) is 34.2 Å². The van der Waals surface area contributed by atoms with Crippen molar-refractivity contribution >= 4 is 40.5 Å². The summed E-state index contributed by atoms with van der Waals surface area (Å²) in [5, 5.41) is 39.0. The Bertz CT molecular complexity index is 1410. The molecule has 1 aromatic carbocycles. The third-order valence-electron chi connectivity index (χ3n) is 8.86. The van der Waals surface area contributed by atoms with Crippen molar-refractivity contribution in [1.29, 1.82) is 0 Å². The summed E-state index contributed by atoms with van der Waals surface area (Å²) in [5.74, 6) is -3.69. The summed E-state index contributed by atoms with van der Waals surface area (Å²) in [6, 6.07) is 3.25. The van der Waals surface area contributed by atoms with Gasteiger partial charge in [-0.25, -0.2) is 0 Å². The molecule has 9 N–H and O–H groups in total. The summed E-state index contributed by atoms with van der Waals surface area (Å²) in [6.45, 7) is 5.14. The Kier molecular flexibility index (Phi) is 12.7. The van der Waals surface area contributed by atoms with E-state index in [-0.39, 0.29) is 43.8 Å². The number of H-pyrrole nitrogens is 1. The van der Waals surface area contributed by atoms with Crippen LogP contribution in [-0.4, -0.2) is 120 Å². The Hall–Kier alpha value is -4.05. The van der Waals surface area contributed by atoms with Crippen molar-refractivity contribution in [2.45, 2.75) is 69.9 Å². The van der Waals surface area contributed by atoms with Crippen LogP contribution in [0.25, 0.3) is 10.9 Å². The molecule has 3 heterocycles. The molecular formula is C32H48N8O7. The van der Waals surface area contributed by atoms with Gasteiger partial charge in [-0.2, -0.15) is 0 Å². The Morgan fingerprint density at radius 1 is 0.979 bits per heavy atom. The van der Waals surface area contributed by atoms with Crippen molar-refractivity contribution < 1.29 is 34.2 Å². The van der Waals surface area contributed by atoms with Crippen LogP contribution in [0.5, 0.6) is 0 Å². The standard InChI is InChI=1S/C32H48N8O7/c1-18(2)27-31(46)39-25(17-37-28(43)19-8-10-33-11-9-19)29(44)35-13-12-34-23(15-26(41)42)30(45)38-24(32(47)40(27)3)14-20-16-36-22-7-5-4-6-21(20)22/h4-7,16,18-19,23-25,27,29,33-36,44H,8-15,17H2,1-3H3,(H,37,43)(H,38,45)(H,39,46)(H,41,42). The zero-order chi connectivity index (χ0) is 34.1. The van der Waals surface area contributed by atoms with Crippen molar-refractivity contribution in [3.8, 4) is 0 Å². The molecule has 258 valence electrons. The molecule has 4 rings (SSSR count). The molecule has 15 heteroatoms.